The van der Waals surface area contributed by atoms with Crippen molar-refractivity contribution in [3.8, 4) is 11.5 Å². The molecule has 150 valence electrons. The summed E-state index contributed by atoms with van der Waals surface area (Å²) in [6.45, 7) is 6.61. The van der Waals surface area contributed by atoms with Gasteiger partial charge in [0.2, 0.25) is 0 Å². The van der Waals surface area contributed by atoms with Gasteiger partial charge in [-0.1, -0.05) is 44.2 Å². The van der Waals surface area contributed by atoms with E-state index in [1.807, 2.05) is 61.5 Å². The molecule has 1 amide bonds. The molecule has 0 fully saturated rings. The molecule has 0 unspecified atom stereocenters. The molecule has 0 saturated heterocycles. The Morgan fingerprint density at radius 3 is 2.34 bits per heavy atom. The molecule has 0 radical (unpaired) electrons. The van der Waals surface area contributed by atoms with E-state index in [-0.39, 0.29) is 5.91 Å². The number of aryl methyl sites for hydroxylation is 1. The molecule has 4 heteroatoms. The number of anilines is 1. The van der Waals surface area contributed by atoms with Crippen molar-refractivity contribution >= 4 is 11.6 Å². The third-order valence-corrected chi connectivity index (χ3v) is 4.85. The fourth-order valence-corrected chi connectivity index (χ4v) is 3.06. The zero-order valence-corrected chi connectivity index (χ0v) is 17.4. The van der Waals surface area contributed by atoms with Crippen LogP contribution in [0.25, 0.3) is 0 Å². The lowest BCUT2D eigenvalue weighted by atomic mass is 10.0. The van der Waals surface area contributed by atoms with Crippen LogP contribution in [-0.2, 0) is 6.61 Å². The van der Waals surface area contributed by atoms with Crippen LogP contribution in [0.2, 0.25) is 0 Å². The average molecular weight is 389 g/mol. The first-order valence-electron chi connectivity index (χ1n) is 9.74. The molecule has 1 N–H and O–H groups in total. The van der Waals surface area contributed by atoms with Gasteiger partial charge < -0.3 is 14.8 Å². The standard InChI is InChI=1S/C25H27NO3/c1-17(2)19-9-12-22(13-10-19)26-25(27)20-11-14-24(28-4)21(15-20)16-29-23-8-6-5-7-18(23)3/h5-15,17H,16H2,1-4H3,(H,26,27). The number of methoxy groups -OCH3 is 1. The highest BCUT2D eigenvalue weighted by molar-refractivity contribution is 6.04. The number of amides is 1. The van der Waals surface area contributed by atoms with Gasteiger partial charge in [0.15, 0.2) is 0 Å². The lowest BCUT2D eigenvalue weighted by molar-refractivity contribution is 0.102. The van der Waals surface area contributed by atoms with Gasteiger partial charge in [0.1, 0.15) is 18.1 Å². The number of nitrogens with one attached hydrogen (secondary N) is 1. The zero-order valence-electron chi connectivity index (χ0n) is 17.4. The van der Waals surface area contributed by atoms with Crippen LogP contribution >= 0.6 is 0 Å². The summed E-state index contributed by atoms with van der Waals surface area (Å²) in [6.07, 6.45) is 0. The topological polar surface area (TPSA) is 47.6 Å². The minimum atomic E-state index is -0.165. The summed E-state index contributed by atoms with van der Waals surface area (Å²) >= 11 is 0. The number of rotatable bonds is 7. The van der Waals surface area contributed by atoms with Crippen LogP contribution in [0.15, 0.2) is 66.7 Å². The fourth-order valence-electron chi connectivity index (χ4n) is 3.06. The van der Waals surface area contributed by atoms with Crippen LogP contribution in [-0.4, -0.2) is 13.0 Å². The Kier molecular flexibility index (Phi) is 6.55. The van der Waals surface area contributed by atoms with Crippen molar-refractivity contribution in [2.45, 2.75) is 33.3 Å². The number of carbonyl (C=O) groups is 1. The first-order chi connectivity index (χ1) is 14.0. The molecule has 3 aromatic carbocycles. The molecular formula is C25H27NO3. The maximum atomic E-state index is 12.7. The van der Waals surface area contributed by atoms with Crippen molar-refractivity contribution in [3.63, 3.8) is 0 Å². The van der Waals surface area contributed by atoms with Crippen LogP contribution in [0.3, 0.4) is 0 Å². The van der Waals surface area contributed by atoms with Crippen molar-refractivity contribution in [1.29, 1.82) is 0 Å². The first kappa shape index (κ1) is 20.5. The Labute approximate surface area is 172 Å². The van der Waals surface area contributed by atoms with Gasteiger partial charge in [-0.25, -0.2) is 0 Å². The van der Waals surface area contributed by atoms with Gasteiger partial charge in [-0.2, -0.15) is 0 Å². The van der Waals surface area contributed by atoms with E-state index < -0.39 is 0 Å². The van der Waals surface area contributed by atoms with Crippen LogP contribution in [0.4, 0.5) is 5.69 Å². The molecule has 0 spiro atoms. The second-order valence-electron chi connectivity index (χ2n) is 7.31. The average Bonchev–Trinajstić information content (AvgIpc) is 2.73. The van der Waals surface area contributed by atoms with Crippen molar-refractivity contribution in [2.24, 2.45) is 0 Å². The smallest absolute Gasteiger partial charge is 0.255 e. The Balaban J connectivity index is 1.74. The zero-order chi connectivity index (χ0) is 20.8. The highest BCUT2D eigenvalue weighted by Crippen LogP contribution is 2.24. The minimum absolute atomic E-state index is 0.165. The van der Waals surface area contributed by atoms with Crippen molar-refractivity contribution in [1.82, 2.24) is 0 Å². The number of hydrogen-bond donors (Lipinski definition) is 1. The van der Waals surface area contributed by atoms with E-state index in [9.17, 15) is 4.79 Å². The van der Waals surface area contributed by atoms with Gasteiger partial charge in [-0.05, 0) is 60.4 Å². The van der Waals surface area contributed by atoms with Gasteiger partial charge >= 0.3 is 0 Å². The predicted molar refractivity (Wildman–Crippen MR) is 117 cm³/mol. The molecule has 0 heterocycles. The SMILES string of the molecule is COc1ccc(C(=O)Nc2ccc(C(C)C)cc2)cc1COc1ccccc1C. The van der Waals surface area contributed by atoms with Gasteiger partial charge in [0.05, 0.1) is 7.11 Å². The van der Waals surface area contributed by atoms with E-state index in [0.717, 1.165) is 22.6 Å². The number of ether oxygens (including phenoxy) is 2. The number of carbonyl (C=O) groups excluding carboxylic acids is 1. The molecule has 0 aliphatic heterocycles. The van der Waals surface area contributed by atoms with Gasteiger partial charge in [0.25, 0.3) is 5.91 Å². The van der Waals surface area contributed by atoms with Crippen LogP contribution < -0.4 is 14.8 Å². The monoisotopic (exact) mass is 389 g/mol. The third kappa shape index (κ3) is 5.17. The summed E-state index contributed by atoms with van der Waals surface area (Å²) in [7, 11) is 1.61. The number of benzene rings is 3. The number of hydrogen-bond acceptors (Lipinski definition) is 3. The van der Waals surface area contributed by atoms with E-state index in [2.05, 4.69) is 19.2 Å². The molecule has 0 atom stereocenters. The molecule has 0 aliphatic carbocycles. The van der Waals surface area contributed by atoms with Crippen LogP contribution in [0.1, 0.15) is 46.8 Å². The molecule has 0 bridgehead atoms. The largest absolute Gasteiger partial charge is 0.496 e. The highest BCUT2D eigenvalue weighted by atomic mass is 16.5. The Hall–Kier alpha value is -3.27. The summed E-state index contributed by atoms with van der Waals surface area (Å²) in [5, 5.41) is 2.95. The van der Waals surface area contributed by atoms with Gasteiger partial charge in [0, 0.05) is 16.8 Å². The molecule has 3 aromatic rings. The summed E-state index contributed by atoms with van der Waals surface area (Å²) in [5.41, 5.74) is 4.45. The van der Waals surface area contributed by atoms with E-state index in [1.165, 1.54) is 5.56 Å². The predicted octanol–water partition coefficient (Wildman–Crippen LogP) is 5.96. The molecule has 0 aliphatic rings. The summed E-state index contributed by atoms with van der Waals surface area (Å²) in [5.74, 6) is 1.80. The van der Waals surface area contributed by atoms with E-state index in [0.29, 0.717) is 23.8 Å². The molecule has 0 saturated carbocycles. The molecule has 29 heavy (non-hydrogen) atoms. The van der Waals surface area contributed by atoms with E-state index >= 15 is 0 Å². The van der Waals surface area contributed by atoms with Crippen LogP contribution in [0.5, 0.6) is 11.5 Å². The summed E-state index contributed by atoms with van der Waals surface area (Å²) < 4.78 is 11.4. The fraction of sp³-hybridized carbons (Fsp3) is 0.240. The first-order valence-corrected chi connectivity index (χ1v) is 9.74. The van der Waals surface area contributed by atoms with Gasteiger partial charge in [-0.3, -0.25) is 4.79 Å². The van der Waals surface area contributed by atoms with E-state index in [1.54, 1.807) is 19.2 Å². The lowest BCUT2D eigenvalue weighted by Crippen LogP contribution is -2.13. The third-order valence-electron chi connectivity index (χ3n) is 4.85. The Bertz CT molecular complexity index is 978. The van der Waals surface area contributed by atoms with E-state index in [4.69, 9.17) is 9.47 Å². The molecular weight excluding hydrogens is 362 g/mol. The quantitative estimate of drug-likeness (QED) is 0.542. The minimum Gasteiger partial charge on any atom is -0.496 e. The lowest BCUT2D eigenvalue weighted by Gasteiger charge is -2.14. The Morgan fingerprint density at radius 1 is 0.966 bits per heavy atom. The highest BCUT2D eigenvalue weighted by Gasteiger charge is 2.12. The van der Waals surface area contributed by atoms with Crippen molar-refractivity contribution in [3.05, 3.63) is 89.0 Å². The molecule has 0 aromatic heterocycles. The number of para-hydroxylation sites is 1. The normalized spacial score (nSPS) is 10.7. The summed E-state index contributed by atoms with van der Waals surface area (Å²) in [4.78, 5) is 12.7. The van der Waals surface area contributed by atoms with Crippen LogP contribution in [0, 0.1) is 6.92 Å². The maximum Gasteiger partial charge on any atom is 0.255 e. The molecule has 4 nitrogen and oxygen atoms in total. The van der Waals surface area contributed by atoms with Gasteiger partial charge in [-0.15, -0.1) is 0 Å². The second-order valence-corrected chi connectivity index (χ2v) is 7.31. The van der Waals surface area contributed by atoms with Crippen molar-refractivity contribution < 1.29 is 14.3 Å². The summed E-state index contributed by atoms with van der Waals surface area (Å²) in [6, 6.07) is 21.1. The van der Waals surface area contributed by atoms with Crippen molar-refractivity contribution in [2.75, 3.05) is 12.4 Å². The Morgan fingerprint density at radius 2 is 1.69 bits per heavy atom. The second kappa shape index (κ2) is 9.28. The maximum absolute atomic E-state index is 12.7. The molecule has 3 rings (SSSR count).